The molecule has 0 aliphatic heterocycles. The molecule has 25 heavy (non-hydrogen) atoms. The Kier molecular flexibility index (Phi) is 5.85. The molecular formula is C16H17ClN4O4. The molecule has 0 aliphatic rings. The smallest absolute Gasteiger partial charge is 0.332 e. The lowest BCUT2D eigenvalue weighted by Crippen LogP contribution is -2.39. The molecule has 0 fully saturated rings. The number of hydrogen-bond acceptors (Lipinski definition) is 6. The van der Waals surface area contributed by atoms with Gasteiger partial charge in [0.05, 0.1) is 11.6 Å². The van der Waals surface area contributed by atoms with Crippen LogP contribution in [-0.2, 0) is 18.8 Å². The molecule has 0 radical (unpaired) electrons. The maximum Gasteiger partial charge on any atom is 0.332 e. The van der Waals surface area contributed by atoms with E-state index in [1.165, 1.54) is 18.7 Å². The molecule has 0 bridgehead atoms. The quantitative estimate of drug-likeness (QED) is 0.777. The zero-order valence-electron chi connectivity index (χ0n) is 14.0. The van der Waals surface area contributed by atoms with Crippen molar-refractivity contribution in [1.82, 2.24) is 9.13 Å². The normalized spacial score (nSPS) is 10.4. The number of halogens is 1. The van der Waals surface area contributed by atoms with Crippen LogP contribution in [-0.4, -0.2) is 29.5 Å². The van der Waals surface area contributed by atoms with Gasteiger partial charge in [-0.1, -0.05) is 11.6 Å². The molecule has 1 heterocycles. The highest BCUT2D eigenvalue weighted by atomic mass is 35.5. The molecule has 0 amide bonds. The summed E-state index contributed by atoms with van der Waals surface area (Å²) in [6, 6.07) is 6.71. The predicted molar refractivity (Wildman–Crippen MR) is 93.7 cm³/mol. The van der Waals surface area contributed by atoms with Gasteiger partial charge >= 0.3 is 5.69 Å². The van der Waals surface area contributed by atoms with Crippen molar-refractivity contribution in [2.45, 2.75) is 0 Å². The SMILES string of the molecule is COCCOc1ccc(Nc2c(C#N)c(=O)n(C)c(=O)n2C)cc1Cl. The third-order valence-electron chi connectivity index (χ3n) is 3.52. The van der Waals surface area contributed by atoms with Crippen molar-refractivity contribution in [3.63, 3.8) is 0 Å². The van der Waals surface area contributed by atoms with E-state index in [0.717, 1.165) is 4.57 Å². The zero-order chi connectivity index (χ0) is 18.6. The molecule has 0 saturated carbocycles. The first kappa shape index (κ1) is 18.6. The molecule has 9 heteroatoms. The second-order valence-electron chi connectivity index (χ2n) is 5.15. The van der Waals surface area contributed by atoms with E-state index in [-0.39, 0.29) is 11.4 Å². The van der Waals surface area contributed by atoms with E-state index in [0.29, 0.717) is 29.7 Å². The Bertz CT molecular complexity index is 943. The summed E-state index contributed by atoms with van der Waals surface area (Å²) >= 11 is 6.17. The first-order valence-corrected chi connectivity index (χ1v) is 7.67. The van der Waals surface area contributed by atoms with Crippen LogP contribution in [0, 0.1) is 11.3 Å². The summed E-state index contributed by atoms with van der Waals surface area (Å²) in [6.07, 6.45) is 0. The van der Waals surface area contributed by atoms with Crippen molar-refractivity contribution in [1.29, 1.82) is 5.26 Å². The number of nitriles is 1. The monoisotopic (exact) mass is 364 g/mol. The number of aromatic nitrogens is 2. The molecule has 0 spiro atoms. The number of nitrogens with zero attached hydrogens (tertiary/aromatic N) is 3. The molecular weight excluding hydrogens is 348 g/mol. The fraction of sp³-hybridized carbons (Fsp3) is 0.312. The van der Waals surface area contributed by atoms with E-state index in [1.807, 2.05) is 6.07 Å². The van der Waals surface area contributed by atoms with Gasteiger partial charge in [-0.05, 0) is 18.2 Å². The van der Waals surface area contributed by atoms with E-state index < -0.39 is 11.2 Å². The highest BCUT2D eigenvalue weighted by molar-refractivity contribution is 6.32. The summed E-state index contributed by atoms with van der Waals surface area (Å²) in [4.78, 5) is 24.1. The number of nitrogens with one attached hydrogen (secondary N) is 1. The topological polar surface area (TPSA) is 98.3 Å². The van der Waals surface area contributed by atoms with E-state index in [1.54, 1.807) is 25.3 Å². The number of ether oxygens (including phenoxy) is 2. The minimum atomic E-state index is -0.668. The minimum absolute atomic E-state index is 0.0970. The van der Waals surface area contributed by atoms with Crippen LogP contribution in [0.4, 0.5) is 11.5 Å². The van der Waals surface area contributed by atoms with Gasteiger partial charge < -0.3 is 14.8 Å². The van der Waals surface area contributed by atoms with Gasteiger partial charge in [-0.3, -0.25) is 13.9 Å². The molecule has 0 saturated heterocycles. The van der Waals surface area contributed by atoms with Gasteiger partial charge in [-0.25, -0.2) is 4.79 Å². The number of anilines is 2. The van der Waals surface area contributed by atoms with Gasteiger partial charge in [0.15, 0.2) is 5.56 Å². The molecule has 1 aromatic heterocycles. The standard InChI is InChI=1S/C16H17ClN4O4/c1-20-14(11(9-18)15(22)21(2)16(20)23)19-10-4-5-13(12(17)8-10)25-7-6-24-3/h4-5,8,19H,6-7H2,1-3H3. The summed E-state index contributed by atoms with van der Waals surface area (Å²) < 4.78 is 12.4. The summed E-state index contributed by atoms with van der Waals surface area (Å²) in [5, 5.41) is 12.5. The Balaban J connectivity index is 2.38. The first-order chi connectivity index (χ1) is 11.9. The summed E-state index contributed by atoms with van der Waals surface area (Å²) in [5.41, 5.74) is -0.874. The first-order valence-electron chi connectivity index (χ1n) is 7.29. The van der Waals surface area contributed by atoms with Crippen LogP contribution < -0.4 is 21.3 Å². The third-order valence-corrected chi connectivity index (χ3v) is 3.81. The van der Waals surface area contributed by atoms with Crippen LogP contribution in [0.3, 0.4) is 0 Å². The Morgan fingerprint density at radius 3 is 2.56 bits per heavy atom. The summed E-state index contributed by atoms with van der Waals surface area (Å²) in [5.74, 6) is 0.572. The van der Waals surface area contributed by atoms with Crippen molar-refractivity contribution in [3.8, 4) is 11.8 Å². The van der Waals surface area contributed by atoms with Crippen LogP contribution in [0.5, 0.6) is 5.75 Å². The van der Waals surface area contributed by atoms with Crippen LogP contribution in [0.1, 0.15) is 5.56 Å². The molecule has 1 N–H and O–H groups in total. The van der Waals surface area contributed by atoms with Crippen molar-refractivity contribution in [3.05, 3.63) is 49.6 Å². The molecule has 0 unspecified atom stereocenters. The fourth-order valence-electron chi connectivity index (χ4n) is 2.16. The van der Waals surface area contributed by atoms with E-state index >= 15 is 0 Å². The Morgan fingerprint density at radius 2 is 1.96 bits per heavy atom. The Hall–Kier alpha value is -2.76. The highest BCUT2D eigenvalue weighted by Crippen LogP contribution is 2.29. The number of hydrogen-bond donors (Lipinski definition) is 1. The van der Waals surface area contributed by atoms with Crippen molar-refractivity contribution >= 4 is 23.1 Å². The Morgan fingerprint density at radius 1 is 1.24 bits per heavy atom. The molecule has 1 aromatic carbocycles. The lowest BCUT2D eigenvalue weighted by Gasteiger charge is -2.15. The average molecular weight is 365 g/mol. The Labute approximate surface area is 148 Å². The maximum atomic E-state index is 12.1. The fourth-order valence-corrected chi connectivity index (χ4v) is 2.39. The molecule has 0 aliphatic carbocycles. The average Bonchev–Trinajstić information content (AvgIpc) is 2.60. The lowest BCUT2D eigenvalue weighted by molar-refractivity contribution is 0.146. The molecule has 8 nitrogen and oxygen atoms in total. The molecule has 2 rings (SSSR count). The van der Waals surface area contributed by atoms with Gasteiger partial charge in [-0.2, -0.15) is 5.26 Å². The second kappa shape index (κ2) is 7.88. The van der Waals surface area contributed by atoms with E-state index in [4.69, 9.17) is 21.1 Å². The van der Waals surface area contributed by atoms with Crippen LogP contribution >= 0.6 is 11.6 Å². The summed E-state index contributed by atoms with van der Waals surface area (Å²) in [6.45, 7) is 0.780. The van der Waals surface area contributed by atoms with Gasteiger partial charge in [-0.15, -0.1) is 0 Å². The van der Waals surface area contributed by atoms with Gasteiger partial charge in [0, 0.05) is 26.9 Å². The van der Waals surface area contributed by atoms with Gasteiger partial charge in [0.2, 0.25) is 0 Å². The van der Waals surface area contributed by atoms with Crippen LogP contribution in [0.15, 0.2) is 27.8 Å². The summed E-state index contributed by atoms with van der Waals surface area (Å²) in [7, 11) is 4.35. The van der Waals surface area contributed by atoms with Crippen LogP contribution in [0.25, 0.3) is 0 Å². The predicted octanol–water partition coefficient (Wildman–Crippen LogP) is 1.38. The highest BCUT2D eigenvalue weighted by Gasteiger charge is 2.16. The number of rotatable bonds is 6. The zero-order valence-corrected chi connectivity index (χ0v) is 14.8. The number of benzene rings is 1. The molecule has 132 valence electrons. The van der Waals surface area contributed by atoms with E-state index in [2.05, 4.69) is 5.32 Å². The third kappa shape index (κ3) is 3.84. The molecule has 2 aromatic rings. The van der Waals surface area contributed by atoms with Crippen molar-refractivity contribution < 1.29 is 9.47 Å². The van der Waals surface area contributed by atoms with Crippen molar-refractivity contribution in [2.24, 2.45) is 14.1 Å². The lowest BCUT2D eigenvalue weighted by atomic mass is 10.2. The second-order valence-corrected chi connectivity index (χ2v) is 5.56. The van der Waals surface area contributed by atoms with Crippen LogP contribution in [0.2, 0.25) is 5.02 Å². The minimum Gasteiger partial charge on any atom is -0.490 e. The number of methoxy groups -OCH3 is 1. The molecule has 0 atom stereocenters. The van der Waals surface area contributed by atoms with Gasteiger partial charge in [0.1, 0.15) is 24.2 Å². The van der Waals surface area contributed by atoms with Crippen molar-refractivity contribution in [2.75, 3.05) is 25.6 Å². The largest absolute Gasteiger partial charge is 0.490 e. The van der Waals surface area contributed by atoms with E-state index in [9.17, 15) is 14.9 Å². The van der Waals surface area contributed by atoms with Gasteiger partial charge in [0.25, 0.3) is 5.56 Å². The maximum absolute atomic E-state index is 12.1.